The average Bonchev–Trinajstić information content (AvgIpc) is 2.60. The van der Waals surface area contributed by atoms with Crippen LogP contribution in [-0.4, -0.2) is 0 Å². The number of alkyl halides is 1. The molecule has 1 unspecified atom stereocenters. The first-order valence-electron chi connectivity index (χ1n) is 5.46. The van der Waals surface area contributed by atoms with Gasteiger partial charge in [0.25, 0.3) is 0 Å². The van der Waals surface area contributed by atoms with Crippen molar-refractivity contribution in [3.8, 4) is 0 Å². The van der Waals surface area contributed by atoms with E-state index >= 15 is 0 Å². The van der Waals surface area contributed by atoms with Gasteiger partial charge < -0.3 is 0 Å². The topological polar surface area (TPSA) is 0 Å². The predicted octanol–water partition coefficient (Wildman–Crippen LogP) is 5.30. The summed E-state index contributed by atoms with van der Waals surface area (Å²) in [6.45, 7) is 6.22. The lowest BCUT2D eigenvalue weighted by Crippen LogP contribution is -1.97. The van der Waals surface area contributed by atoms with E-state index in [4.69, 9.17) is 0 Å². The second-order valence-corrected chi connectivity index (χ2v) is 6.61. The molecule has 1 aromatic heterocycles. The lowest BCUT2D eigenvalue weighted by molar-refractivity contribution is 0.625. The second-order valence-electron chi connectivity index (χ2n) is 4.23. The third-order valence-electron chi connectivity index (χ3n) is 2.87. The highest BCUT2D eigenvalue weighted by Crippen LogP contribution is 2.38. The van der Waals surface area contributed by atoms with Crippen LogP contribution in [0.5, 0.6) is 0 Å². The van der Waals surface area contributed by atoms with Crippen LogP contribution in [-0.2, 0) is 0 Å². The quantitative estimate of drug-likeness (QED) is 0.660. The Hall–Kier alpha value is -0.670. The van der Waals surface area contributed by atoms with Crippen molar-refractivity contribution in [3.63, 3.8) is 0 Å². The molecule has 0 N–H and O–H groups in total. The third-order valence-corrected chi connectivity index (χ3v) is 4.83. The summed E-state index contributed by atoms with van der Waals surface area (Å²) < 4.78 is 13.3. The van der Waals surface area contributed by atoms with Crippen LogP contribution in [0.4, 0.5) is 4.39 Å². The van der Waals surface area contributed by atoms with Crippen LogP contribution < -0.4 is 0 Å². The standard InChI is InChI=1S/C14H14BrFS/c1-8-4-5-11(16)7-12(8)14(15)13-6-9(2)17-10(13)3/h4-7,14H,1-3H3. The lowest BCUT2D eigenvalue weighted by Gasteiger charge is -2.13. The van der Waals surface area contributed by atoms with Crippen LogP contribution in [0.1, 0.15) is 31.3 Å². The van der Waals surface area contributed by atoms with Gasteiger partial charge in [-0.15, -0.1) is 11.3 Å². The van der Waals surface area contributed by atoms with Gasteiger partial charge in [-0.2, -0.15) is 0 Å². The summed E-state index contributed by atoms with van der Waals surface area (Å²) in [6, 6.07) is 7.11. The van der Waals surface area contributed by atoms with Crippen molar-refractivity contribution < 1.29 is 4.39 Å². The molecule has 3 heteroatoms. The Morgan fingerprint density at radius 3 is 2.41 bits per heavy atom. The molecule has 0 aliphatic carbocycles. The van der Waals surface area contributed by atoms with Gasteiger partial charge in [-0.3, -0.25) is 0 Å². The van der Waals surface area contributed by atoms with Gasteiger partial charge in [-0.05, 0) is 55.7 Å². The van der Waals surface area contributed by atoms with Crippen molar-refractivity contribution in [3.05, 3.63) is 56.5 Å². The first-order valence-corrected chi connectivity index (χ1v) is 7.19. The molecule has 1 aromatic carbocycles. The molecule has 2 aromatic rings. The summed E-state index contributed by atoms with van der Waals surface area (Å²) in [4.78, 5) is 2.65. The normalized spacial score (nSPS) is 12.8. The van der Waals surface area contributed by atoms with Gasteiger partial charge in [0, 0.05) is 9.75 Å². The Balaban J connectivity index is 2.46. The lowest BCUT2D eigenvalue weighted by atomic mass is 10.0. The Kier molecular flexibility index (Phi) is 3.69. The van der Waals surface area contributed by atoms with Crippen molar-refractivity contribution in [2.75, 3.05) is 0 Å². The maximum atomic E-state index is 13.3. The summed E-state index contributed by atoms with van der Waals surface area (Å²) in [6.07, 6.45) is 0. The molecule has 0 saturated carbocycles. The zero-order chi connectivity index (χ0) is 12.6. The molecule has 1 heterocycles. The van der Waals surface area contributed by atoms with Crippen LogP contribution in [0.2, 0.25) is 0 Å². The molecular formula is C14H14BrFS. The van der Waals surface area contributed by atoms with Gasteiger partial charge in [0.2, 0.25) is 0 Å². The highest BCUT2D eigenvalue weighted by Gasteiger charge is 2.17. The fourth-order valence-corrected chi connectivity index (χ4v) is 4.04. The largest absolute Gasteiger partial charge is 0.207 e. The number of aryl methyl sites for hydroxylation is 3. The molecule has 0 saturated heterocycles. The molecule has 17 heavy (non-hydrogen) atoms. The van der Waals surface area contributed by atoms with E-state index in [-0.39, 0.29) is 10.6 Å². The monoisotopic (exact) mass is 312 g/mol. The number of thiophene rings is 1. The Morgan fingerprint density at radius 2 is 1.82 bits per heavy atom. The van der Waals surface area contributed by atoms with E-state index in [9.17, 15) is 4.39 Å². The minimum atomic E-state index is -0.181. The van der Waals surface area contributed by atoms with E-state index in [0.717, 1.165) is 11.1 Å². The molecule has 0 nitrogen and oxygen atoms in total. The van der Waals surface area contributed by atoms with Crippen molar-refractivity contribution in [2.24, 2.45) is 0 Å². The number of hydrogen-bond acceptors (Lipinski definition) is 1. The van der Waals surface area contributed by atoms with Crippen LogP contribution in [0.15, 0.2) is 24.3 Å². The van der Waals surface area contributed by atoms with E-state index < -0.39 is 0 Å². The molecule has 0 radical (unpaired) electrons. The van der Waals surface area contributed by atoms with Crippen molar-refractivity contribution in [2.45, 2.75) is 25.6 Å². The fourth-order valence-electron chi connectivity index (χ4n) is 1.95. The van der Waals surface area contributed by atoms with Gasteiger partial charge in [-0.25, -0.2) is 4.39 Å². The number of benzene rings is 1. The van der Waals surface area contributed by atoms with Crippen LogP contribution in [0.25, 0.3) is 0 Å². The summed E-state index contributed by atoms with van der Waals surface area (Å²) >= 11 is 5.46. The van der Waals surface area contributed by atoms with Gasteiger partial charge >= 0.3 is 0 Å². The molecule has 0 aliphatic heterocycles. The van der Waals surface area contributed by atoms with Crippen LogP contribution in [0.3, 0.4) is 0 Å². The van der Waals surface area contributed by atoms with E-state index in [2.05, 4.69) is 35.8 Å². The SMILES string of the molecule is Cc1cc(C(Br)c2cc(F)ccc2C)c(C)s1. The first-order chi connectivity index (χ1) is 7.99. The minimum absolute atomic E-state index is 0.0724. The molecule has 0 fully saturated rings. The summed E-state index contributed by atoms with van der Waals surface area (Å²) in [5.41, 5.74) is 3.35. The van der Waals surface area contributed by atoms with Gasteiger partial charge in [-0.1, -0.05) is 22.0 Å². The van der Waals surface area contributed by atoms with Crippen LogP contribution in [0, 0.1) is 26.6 Å². The van der Waals surface area contributed by atoms with Gasteiger partial charge in [0.1, 0.15) is 5.82 Å². The molecule has 0 spiro atoms. The van der Waals surface area contributed by atoms with E-state index in [1.54, 1.807) is 17.4 Å². The van der Waals surface area contributed by atoms with Crippen LogP contribution >= 0.6 is 27.3 Å². The minimum Gasteiger partial charge on any atom is -0.207 e. The third kappa shape index (κ3) is 2.61. The second kappa shape index (κ2) is 4.91. The number of hydrogen-bond donors (Lipinski definition) is 0. The predicted molar refractivity (Wildman–Crippen MR) is 75.7 cm³/mol. The summed E-state index contributed by atoms with van der Waals surface area (Å²) in [7, 11) is 0. The fraction of sp³-hybridized carbons (Fsp3) is 0.286. The van der Waals surface area contributed by atoms with E-state index in [1.807, 2.05) is 13.0 Å². The summed E-state index contributed by atoms with van der Waals surface area (Å²) in [5, 5.41) is 0. The molecule has 2 rings (SSSR count). The molecule has 90 valence electrons. The van der Waals surface area contributed by atoms with Gasteiger partial charge in [0.15, 0.2) is 0 Å². The zero-order valence-corrected chi connectivity index (χ0v) is 12.5. The van der Waals surface area contributed by atoms with Crippen molar-refractivity contribution in [1.29, 1.82) is 0 Å². The molecule has 1 atom stereocenters. The Morgan fingerprint density at radius 1 is 1.12 bits per heavy atom. The molecule has 0 aliphatic rings. The maximum absolute atomic E-state index is 13.3. The van der Waals surface area contributed by atoms with Gasteiger partial charge in [0.05, 0.1) is 4.83 Å². The highest BCUT2D eigenvalue weighted by atomic mass is 79.9. The number of rotatable bonds is 2. The van der Waals surface area contributed by atoms with Crippen molar-refractivity contribution >= 4 is 27.3 Å². The van der Waals surface area contributed by atoms with Crippen molar-refractivity contribution in [1.82, 2.24) is 0 Å². The number of halogens is 2. The zero-order valence-electron chi connectivity index (χ0n) is 10.1. The molecule has 0 amide bonds. The highest BCUT2D eigenvalue weighted by molar-refractivity contribution is 9.09. The summed E-state index contributed by atoms with van der Waals surface area (Å²) in [5.74, 6) is -0.181. The first kappa shape index (κ1) is 12.8. The Bertz CT molecular complexity index is 545. The smallest absolute Gasteiger partial charge is 0.123 e. The maximum Gasteiger partial charge on any atom is 0.123 e. The molecule has 0 bridgehead atoms. The van der Waals surface area contributed by atoms with E-state index in [1.165, 1.54) is 21.4 Å². The Labute approximate surface area is 114 Å². The molecular weight excluding hydrogens is 299 g/mol. The van der Waals surface area contributed by atoms with E-state index in [0.29, 0.717) is 0 Å². The average molecular weight is 313 g/mol.